The second kappa shape index (κ2) is 5.36. The highest BCUT2D eigenvalue weighted by molar-refractivity contribution is 6.01. The summed E-state index contributed by atoms with van der Waals surface area (Å²) in [5.41, 5.74) is 5.47. The highest BCUT2D eigenvalue weighted by Crippen LogP contribution is 2.37. The topological polar surface area (TPSA) is 81.9 Å². The lowest BCUT2D eigenvalue weighted by Crippen LogP contribution is -2.28. The van der Waals surface area contributed by atoms with E-state index in [-0.39, 0.29) is 30.3 Å². The SMILES string of the molecule is COc1cc(OC)c(N2CC(C(N)=O)CC2=O)cc1F. The molecule has 1 aliphatic heterocycles. The van der Waals surface area contributed by atoms with E-state index in [2.05, 4.69) is 0 Å². The molecule has 1 fully saturated rings. The molecular weight excluding hydrogens is 267 g/mol. The van der Waals surface area contributed by atoms with Gasteiger partial charge in [-0.15, -0.1) is 0 Å². The van der Waals surface area contributed by atoms with Crippen molar-refractivity contribution >= 4 is 17.5 Å². The number of benzene rings is 1. The first-order valence-corrected chi connectivity index (χ1v) is 5.99. The molecule has 0 bridgehead atoms. The Hall–Kier alpha value is -2.31. The van der Waals surface area contributed by atoms with Crippen molar-refractivity contribution in [1.29, 1.82) is 0 Å². The maximum atomic E-state index is 13.8. The minimum absolute atomic E-state index is 0.0173. The Balaban J connectivity index is 2.40. The summed E-state index contributed by atoms with van der Waals surface area (Å²) in [4.78, 5) is 24.4. The van der Waals surface area contributed by atoms with Crippen molar-refractivity contribution < 1.29 is 23.5 Å². The molecule has 2 amide bonds. The van der Waals surface area contributed by atoms with Crippen LogP contribution in [0.2, 0.25) is 0 Å². The third-order valence-electron chi connectivity index (χ3n) is 3.27. The lowest BCUT2D eigenvalue weighted by molar-refractivity contribution is -0.123. The molecule has 7 heteroatoms. The highest BCUT2D eigenvalue weighted by atomic mass is 19.1. The summed E-state index contributed by atoms with van der Waals surface area (Å²) < 4.78 is 23.8. The number of carbonyl (C=O) groups excluding carboxylic acids is 2. The first-order chi connectivity index (χ1) is 9.47. The fraction of sp³-hybridized carbons (Fsp3) is 0.385. The van der Waals surface area contributed by atoms with E-state index in [0.717, 1.165) is 6.07 Å². The van der Waals surface area contributed by atoms with Crippen LogP contribution in [0.1, 0.15) is 6.42 Å². The van der Waals surface area contributed by atoms with Gasteiger partial charge in [0.2, 0.25) is 11.8 Å². The number of amides is 2. The van der Waals surface area contributed by atoms with Crippen LogP contribution >= 0.6 is 0 Å². The van der Waals surface area contributed by atoms with Crippen molar-refractivity contribution in [3.63, 3.8) is 0 Å². The van der Waals surface area contributed by atoms with Gasteiger partial charge in [-0.25, -0.2) is 4.39 Å². The summed E-state index contributed by atoms with van der Waals surface area (Å²) in [7, 11) is 2.74. The molecule has 6 nitrogen and oxygen atoms in total. The summed E-state index contributed by atoms with van der Waals surface area (Å²) in [6, 6.07) is 2.51. The van der Waals surface area contributed by atoms with Crippen molar-refractivity contribution in [1.82, 2.24) is 0 Å². The molecule has 1 aliphatic rings. The lowest BCUT2D eigenvalue weighted by Gasteiger charge is -2.20. The van der Waals surface area contributed by atoms with Crippen molar-refractivity contribution in [2.45, 2.75) is 6.42 Å². The molecule has 108 valence electrons. The van der Waals surface area contributed by atoms with E-state index in [0.29, 0.717) is 5.75 Å². The number of rotatable bonds is 4. The van der Waals surface area contributed by atoms with Gasteiger partial charge in [-0.05, 0) is 0 Å². The van der Waals surface area contributed by atoms with E-state index in [9.17, 15) is 14.0 Å². The molecule has 0 spiro atoms. The average molecular weight is 282 g/mol. The smallest absolute Gasteiger partial charge is 0.227 e. The number of nitrogens with zero attached hydrogens (tertiary/aromatic N) is 1. The van der Waals surface area contributed by atoms with E-state index in [1.54, 1.807) is 0 Å². The zero-order chi connectivity index (χ0) is 14.9. The maximum Gasteiger partial charge on any atom is 0.227 e. The molecule has 1 atom stereocenters. The van der Waals surface area contributed by atoms with Gasteiger partial charge in [0.05, 0.1) is 25.8 Å². The van der Waals surface area contributed by atoms with Gasteiger partial charge in [-0.1, -0.05) is 0 Å². The van der Waals surface area contributed by atoms with Gasteiger partial charge in [-0.3, -0.25) is 9.59 Å². The van der Waals surface area contributed by atoms with Gasteiger partial charge in [0, 0.05) is 25.1 Å². The van der Waals surface area contributed by atoms with E-state index >= 15 is 0 Å². The Morgan fingerprint density at radius 1 is 1.35 bits per heavy atom. The molecule has 20 heavy (non-hydrogen) atoms. The molecule has 1 aromatic rings. The summed E-state index contributed by atoms with van der Waals surface area (Å²) in [5, 5.41) is 0. The second-order valence-corrected chi connectivity index (χ2v) is 4.47. The predicted molar refractivity (Wildman–Crippen MR) is 69.2 cm³/mol. The van der Waals surface area contributed by atoms with Gasteiger partial charge < -0.3 is 20.1 Å². The first kappa shape index (κ1) is 14.1. The predicted octanol–water partition coefficient (Wildman–Crippen LogP) is 0.681. The van der Waals surface area contributed by atoms with E-state index in [1.807, 2.05) is 0 Å². The van der Waals surface area contributed by atoms with Crippen LogP contribution in [-0.2, 0) is 9.59 Å². The third kappa shape index (κ3) is 2.38. The van der Waals surface area contributed by atoms with E-state index in [1.165, 1.54) is 25.2 Å². The molecule has 1 heterocycles. The van der Waals surface area contributed by atoms with Crippen LogP contribution in [0.5, 0.6) is 11.5 Å². The van der Waals surface area contributed by atoms with Crippen LogP contribution in [0, 0.1) is 11.7 Å². The summed E-state index contributed by atoms with van der Waals surface area (Å²) in [5.74, 6) is -1.72. The first-order valence-electron chi connectivity index (χ1n) is 5.99. The number of primary amides is 1. The van der Waals surface area contributed by atoms with Gasteiger partial charge in [0.1, 0.15) is 5.75 Å². The van der Waals surface area contributed by atoms with Crippen LogP contribution in [0.25, 0.3) is 0 Å². The highest BCUT2D eigenvalue weighted by Gasteiger charge is 2.35. The van der Waals surface area contributed by atoms with Crippen molar-refractivity contribution in [3.8, 4) is 11.5 Å². The minimum Gasteiger partial charge on any atom is -0.494 e. The number of ether oxygens (including phenoxy) is 2. The average Bonchev–Trinajstić information content (AvgIpc) is 2.80. The number of methoxy groups -OCH3 is 2. The molecule has 2 N–H and O–H groups in total. The quantitative estimate of drug-likeness (QED) is 0.880. The van der Waals surface area contributed by atoms with Crippen LogP contribution in [0.15, 0.2) is 12.1 Å². The number of hydrogen-bond donors (Lipinski definition) is 1. The summed E-state index contributed by atoms with van der Waals surface area (Å²) in [6.07, 6.45) is 0.0200. The molecule has 0 aliphatic carbocycles. The Kier molecular flexibility index (Phi) is 3.78. The summed E-state index contributed by atoms with van der Waals surface area (Å²) >= 11 is 0. The fourth-order valence-electron chi connectivity index (χ4n) is 2.19. The number of anilines is 1. The molecular formula is C13H15FN2O4. The monoisotopic (exact) mass is 282 g/mol. The Morgan fingerprint density at radius 2 is 2.00 bits per heavy atom. The second-order valence-electron chi connectivity index (χ2n) is 4.47. The number of carbonyl (C=O) groups is 2. The van der Waals surface area contributed by atoms with E-state index in [4.69, 9.17) is 15.2 Å². The third-order valence-corrected chi connectivity index (χ3v) is 3.27. The van der Waals surface area contributed by atoms with Crippen molar-refractivity contribution in [3.05, 3.63) is 17.9 Å². The largest absolute Gasteiger partial charge is 0.494 e. The number of halogens is 1. The maximum absolute atomic E-state index is 13.8. The van der Waals surface area contributed by atoms with Crippen molar-refractivity contribution in [2.75, 3.05) is 25.7 Å². The normalized spacial score (nSPS) is 18.2. The lowest BCUT2D eigenvalue weighted by atomic mass is 10.1. The minimum atomic E-state index is -0.612. The standard InChI is InChI=1S/C13H15FN2O4/c1-19-10-5-11(20-2)9(4-8(10)14)16-6-7(13(15)18)3-12(16)17/h4-5,7H,3,6H2,1-2H3,(H2,15,18). The van der Waals surface area contributed by atoms with Crippen molar-refractivity contribution in [2.24, 2.45) is 11.7 Å². The zero-order valence-electron chi connectivity index (χ0n) is 11.2. The molecule has 0 aromatic heterocycles. The molecule has 1 aromatic carbocycles. The molecule has 1 saturated heterocycles. The van der Waals surface area contributed by atoms with Gasteiger partial charge in [0.25, 0.3) is 0 Å². The van der Waals surface area contributed by atoms with Gasteiger partial charge >= 0.3 is 0 Å². The fourth-order valence-corrected chi connectivity index (χ4v) is 2.19. The Morgan fingerprint density at radius 3 is 2.50 bits per heavy atom. The van der Waals surface area contributed by atoms with Crippen LogP contribution in [0.4, 0.5) is 10.1 Å². The Bertz CT molecular complexity index is 562. The molecule has 0 radical (unpaired) electrons. The van der Waals surface area contributed by atoms with E-state index < -0.39 is 17.6 Å². The Labute approximate surface area is 115 Å². The van der Waals surface area contributed by atoms with Crippen LogP contribution in [-0.4, -0.2) is 32.6 Å². The summed E-state index contributed by atoms with van der Waals surface area (Å²) in [6.45, 7) is 0.121. The number of hydrogen-bond acceptors (Lipinski definition) is 4. The van der Waals surface area contributed by atoms with Gasteiger partial charge in [-0.2, -0.15) is 0 Å². The van der Waals surface area contributed by atoms with Crippen LogP contribution in [0.3, 0.4) is 0 Å². The molecule has 1 unspecified atom stereocenters. The number of nitrogens with two attached hydrogens (primary N) is 1. The molecule has 0 saturated carbocycles. The van der Waals surface area contributed by atoms with Crippen LogP contribution < -0.4 is 20.1 Å². The van der Waals surface area contributed by atoms with Gasteiger partial charge in [0.15, 0.2) is 11.6 Å². The zero-order valence-corrected chi connectivity index (χ0v) is 11.2. The molecule has 2 rings (SSSR count).